The molecule has 14 heavy (non-hydrogen) atoms. The average Bonchev–Trinajstić information content (AvgIpc) is 2.74. The molecule has 1 aromatic carbocycles. The van der Waals surface area contributed by atoms with Crippen LogP contribution in [0.1, 0.15) is 31.2 Å². The van der Waals surface area contributed by atoms with Crippen molar-refractivity contribution in [3.05, 3.63) is 41.5 Å². The van der Waals surface area contributed by atoms with Crippen molar-refractivity contribution in [3.8, 4) is 6.07 Å². The van der Waals surface area contributed by atoms with Crippen LogP contribution in [0.5, 0.6) is 0 Å². The molecule has 0 aromatic heterocycles. The highest BCUT2D eigenvalue weighted by Gasteiger charge is 2.13. The van der Waals surface area contributed by atoms with Gasteiger partial charge in [-0.05, 0) is 31.2 Å². The lowest BCUT2D eigenvalue weighted by Crippen LogP contribution is -1.85. The van der Waals surface area contributed by atoms with E-state index in [2.05, 4.69) is 6.07 Å². The van der Waals surface area contributed by atoms with Gasteiger partial charge in [-0.25, -0.2) is 0 Å². The molecule has 0 N–H and O–H groups in total. The minimum absolute atomic E-state index is 0.906. The first-order valence-corrected chi connectivity index (χ1v) is 5.09. The fraction of sp³-hybridized carbons (Fsp3) is 0.308. The summed E-state index contributed by atoms with van der Waals surface area (Å²) in [6.45, 7) is 0. The molecule has 1 fully saturated rings. The molecule has 0 unspecified atom stereocenters. The minimum atomic E-state index is 0.906. The second-order valence-electron chi connectivity index (χ2n) is 3.66. The van der Waals surface area contributed by atoms with Crippen molar-refractivity contribution in [2.45, 2.75) is 25.7 Å². The predicted molar refractivity (Wildman–Crippen MR) is 57.4 cm³/mol. The standard InChI is InChI=1S/C13H13N/c14-10-13(12-8-4-5-9-12)11-6-2-1-3-7-11/h1-3,6-7H,4-5,8-9H2. The fourth-order valence-electron chi connectivity index (χ4n) is 2.00. The van der Waals surface area contributed by atoms with Gasteiger partial charge in [0.2, 0.25) is 0 Å². The molecule has 1 aliphatic rings. The van der Waals surface area contributed by atoms with Crippen molar-refractivity contribution in [3.63, 3.8) is 0 Å². The van der Waals surface area contributed by atoms with Crippen LogP contribution in [0.15, 0.2) is 35.9 Å². The van der Waals surface area contributed by atoms with Crippen LogP contribution in [0.2, 0.25) is 0 Å². The van der Waals surface area contributed by atoms with Crippen molar-refractivity contribution in [2.75, 3.05) is 0 Å². The molecule has 0 atom stereocenters. The van der Waals surface area contributed by atoms with Gasteiger partial charge in [-0.2, -0.15) is 5.26 Å². The van der Waals surface area contributed by atoms with Crippen molar-refractivity contribution >= 4 is 5.57 Å². The molecule has 0 aliphatic heterocycles. The Labute approximate surface area is 84.7 Å². The largest absolute Gasteiger partial charge is 0.192 e. The molecule has 0 bridgehead atoms. The summed E-state index contributed by atoms with van der Waals surface area (Å²) < 4.78 is 0. The predicted octanol–water partition coefficient (Wildman–Crippen LogP) is 3.54. The summed E-state index contributed by atoms with van der Waals surface area (Å²) >= 11 is 0. The topological polar surface area (TPSA) is 23.8 Å². The first kappa shape index (κ1) is 9.02. The molecular weight excluding hydrogens is 170 g/mol. The first-order valence-electron chi connectivity index (χ1n) is 5.09. The molecule has 1 saturated carbocycles. The lowest BCUT2D eigenvalue weighted by molar-refractivity contribution is 0.886. The van der Waals surface area contributed by atoms with E-state index < -0.39 is 0 Å². The third-order valence-electron chi connectivity index (χ3n) is 2.73. The highest BCUT2D eigenvalue weighted by atomic mass is 14.3. The summed E-state index contributed by atoms with van der Waals surface area (Å²) in [4.78, 5) is 0. The number of nitriles is 1. The molecule has 1 aromatic rings. The normalized spacial score (nSPS) is 15.2. The van der Waals surface area contributed by atoms with Gasteiger partial charge >= 0.3 is 0 Å². The fourth-order valence-corrected chi connectivity index (χ4v) is 2.00. The number of benzene rings is 1. The van der Waals surface area contributed by atoms with Crippen molar-refractivity contribution < 1.29 is 0 Å². The molecular formula is C13H13N. The number of hydrogen-bond acceptors (Lipinski definition) is 1. The van der Waals surface area contributed by atoms with Gasteiger partial charge in [0.05, 0.1) is 11.6 Å². The van der Waals surface area contributed by atoms with Crippen molar-refractivity contribution in [1.82, 2.24) is 0 Å². The van der Waals surface area contributed by atoms with E-state index in [-0.39, 0.29) is 0 Å². The van der Waals surface area contributed by atoms with Gasteiger partial charge in [-0.3, -0.25) is 0 Å². The molecule has 1 heteroatoms. The zero-order chi connectivity index (χ0) is 9.80. The van der Waals surface area contributed by atoms with E-state index in [1.165, 1.54) is 18.4 Å². The third kappa shape index (κ3) is 1.70. The summed E-state index contributed by atoms with van der Waals surface area (Å²) in [5.41, 5.74) is 3.33. The molecule has 0 radical (unpaired) electrons. The molecule has 1 nitrogen and oxygen atoms in total. The van der Waals surface area contributed by atoms with E-state index in [4.69, 9.17) is 5.26 Å². The number of rotatable bonds is 1. The maximum atomic E-state index is 9.13. The van der Waals surface area contributed by atoms with Crippen molar-refractivity contribution in [1.29, 1.82) is 5.26 Å². The number of allylic oxidation sites excluding steroid dienone is 2. The van der Waals surface area contributed by atoms with Crippen LogP contribution < -0.4 is 0 Å². The van der Waals surface area contributed by atoms with Crippen LogP contribution in [0.4, 0.5) is 0 Å². The second-order valence-corrected chi connectivity index (χ2v) is 3.66. The maximum Gasteiger partial charge on any atom is 0.0997 e. The summed E-state index contributed by atoms with van der Waals surface area (Å²) in [6.07, 6.45) is 4.70. The Morgan fingerprint density at radius 2 is 1.71 bits per heavy atom. The van der Waals surface area contributed by atoms with Crippen LogP contribution in [0, 0.1) is 11.3 Å². The van der Waals surface area contributed by atoms with E-state index in [0.717, 1.165) is 24.0 Å². The Morgan fingerprint density at radius 1 is 1.07 bits per heavy atom. The van der Waals surface area contributed by atoms with Gasteiger partial charge < -0.3 is 0 Å². The highest BCUT2D eigenvalue weighted by Crippen LogP contribution is 2.31. The molecule has 2 rings (SSSR count). The smallest absolute Gasteiger partial charge is 0.0997 e. The third-order valence-corrected chi connectivity index (χ3v) is 2.73. The quantitative estimate of drug-likeness (QED) is 0.611. The first-order chi connectivity index (χ1) is 6.92. The second kappa shape index (κ2) is 4.11. The van der Waals surface area contributed by atoms with Gasteiger partial charge in [0, 0.05) is 0 Å². The molecule has 0 saturated heterocycles. The van der Waals surface area contributed by atoms with Crippen molar-refractivity contribution in [2.24, 2.45) is 0 Å². The number of hydrogen-bond donors (Lipinski definition) is 0. The Morgan fingerprint density at radius 3 is 2.29 bits per heavy atom. The molecule has 0 spiro atoms. The van der Waals surface area contributed by atoms with E-state index in [9.17, 15) is 0 Å². The van der Waals surface area contributed by atoms with Crippen LogP contribution in [0.3, 0.4) is 0 Å². The Balaban J connectivity index is 2.40. The lowest BCUT2D eigenvalue weighted by Gasteiger charge is -2.02. The van der Waals surface area contributed by atoms with Gasteiger partial charge in [-0.15, -0.1) is 0 Å². The van der Waals surface area contributed by atoms with Gasteiger partial charge in [-0.1, -0.05) is 35.9 Å². The zero-order valence-corrected chi connectivity index (χ0v) is 8.16. The maximum absolute atomic E-state index is 9.13. The molecule has 1 aliphatic carbocycles. The minimum Gasteiger partial charge on any atom is -0.192 e. The summed E-state index contributed by atoms with van der Waals surface area (Å²) in [6, 6.07) is 12.3. The molecule has 0 heterocycles. The summed E-state index contributed by atoms with van der Waals surface area (Å²) in [7, 11) is 0. The zero-order valence-electron chi connectivity index (χ0n) is 8.16. The van der Waals surface area contributed by atoms with E-state index in [1.54, 1.807) is 0 Å². The van der Waals surface area contributed by atoms with Gasteiger partial charge in [0.1, 0.15) is 0 Å². The Kier molecular flexibility index (Phi) is 2.65. The van der Waals surface area contributed by atoms with Gasteiger partial charge in [0.25, 0.3) is 0 Å². The van der Waals surface area contributed by atoms with Gasteiger partial charge in [0.15, 0.2) is 0 Å². The number of nitrogens with zero attached hydrogens (tertiary/aromatic N) is 1. The Hall–Kier alpha value is -1.55. The Bertz CT molecular complexity index is 373. The van der Waals surface area contributed by atoms with Crippen LogP contribution >= 0.6 is 0 Å². The summed E-state index contributed by atoms with van der Waals surface area (Å²) in [5, 5.41) is 9.13. The van der Waals surface area contributed by atoms with E-state index >= 15 is 0 Å². The van der Waals surface area contributed by atoms with E-state index in [1.807, 2.05) is 30.3 Å². The average molecular weight is 183 g/mol. The van der Waals surface area contributed by atoms with Crippen LogP contribution in [-0.4, -0.2) is 0 Å². The SMILES string of the molecule is N#CC(=C1CCCC1)c1ccccc1. The van der Waals surface area contributed by atoms with Crippen LogP contribution in [-0.2, 0) is 0 Å². The monoisotopic (exact) mass is 183 g/mol. The summed E-state index contributed by atoms with van der Waals surface area (Å²) in [5.74, 6) is 0. The van der Waals surface area contributed by atoms with Crippen LogP contribution in [0.25, 0.3) is 5.57 Å². The molecule has 0 amide bonds. The highest BCUT2D eigenvalue weighted by molar-refractivity contribution is 5.79. The van der Waals surface area contributed by atoms with E-state index in [0.29, 0.717) is 0 Å². The molecule has 70 valence electrons. The lowest BCUT2D eigenvalue weighted by atomic mass is 10.0.